The van der Waals surface area contributed by atoms with Crippen LogP contribution in [0.4, 0.5) is 0 Å². The summed E-state index contributed by atoms with van der Waals surface area (Å²) in [6.45, 7) is 8.59. The minimum absolute atomic E-state index is 0.192. The SMILES string of the molecule is CC(C)(c1ccccc1)c1ccc(OC(=O)/C=C\C(=O)Oc2ccc(C(C)(C)c3ccccc3)cc2)cc1. The van der Waals surface area contributed by atoms with Crippen LogP contribution in [0.5, 0.6) is 11.5 Å². The molecule has 0 bridgehead atoms. The summed E-state index contributed by atoms with van der Waals surface area (Å²) in [6.07, 6.45) is 2.13. The van der Waals surface area contributed by atoms with Gasteiger partial charge in [-0.05, 0) is 46.5 Å². The number of carbonyl (C=O) groups excluding carboxylic acids is 2. The number of benzene rings is 4. The largest absolute Gasteiger partial charge is 0.423 e. The fourth-order valence-corrected chi connectivity index (χ4v) is 4.36. The van der Waals surface area contributed by atoms with Crippen LogP contribution in [0, 0.1) is 0 Å². The second-order valence-electron chi connectivity index (χ2n) is 10.2. The average Bonchev–Trinajstić information content (AvgIpc) is 2.93. The Morgan fingerprint density at radius 2 is 0.763 bits per heavy atom. The molecule has 0 N–H and O–H groups in total. The van der Waals surface area contributed by atoms with Crippen LogP contribution in [0.1, 0.15) is 49.9 Å². The van der Waals surface area contributed by atoms with Gasteiger partial charge in [-0.2, -0.15) is 0 Å². The Kier molecular flexibility index (Phi) is 7.92. The van der Waals surface area contributed by atoms with Gasteiger partial charge >= 0.3 is 11.9 Å². The predicted octanol–water partition coefficient (Wildman–Crippen LogP) is 7.41. The first-order valence-electron chi connectivity index (χ1n) is 12.6. The molecule has 0 spiro atoms. The zero-order valence-electron chi connectivity index (χ0n) is 22.2. The van der Waals surface area contributed by atoms with Gasteiger partial charge in [0.25, 0.3) is 0 Å². The first-order valence-corrected chi connectivity index (χ1v) is 12.6. The summed E-state index contributed by atoms with van der Waals surface area (Å²) in [5.41, 5.74) is 4.20. The van der Waals surface area contributed by atoms with Crippen molar-refractivity contribution < 1.29 is 19.1 Å². The molecule has 38 heavy (non-hydrogen) atoms. The van der Waals surface area contributed by atoms with E-state index < -0.39 is 11.9 Å². The van der Waals surface area contributed by atoms with Gasteiger partial charge < -0.3 is 9.47 Å². The summed E-state index contributed by atoms with van der Waals surface area (Å²) >= 11 is 0. The molecule has 4 nitrogen and oxygen atoms in total. The Bertz CT molecular complexity index is 1290. The molecule has 0 radical (unpaired) electrons. The minimum atomic E-state index is -0.656. The second-order valence-corrected chi connectivity index (χ2v) is 10.2. The highest BCUT2D eigenvalue weighted by Crippen LogP contribution is 2.33. The lowest BCUT2D eigenvalue weighted by atomic mass is 9.78. The van der Waals surface area contributed by atoms with E-state index in [9.17, 15) is 9.59 Å². The monoisotopic (exact) mass is 504 g/mol. The van der Waals surface area contributed by atoms with Gasteiger partial charge in [-0.1, -0.05) is 113 Å². The molecule has 4 heteroatoms. The number of hydrogen-bond acceptors (Lipinski definition) is 4. The molecule has 192 valence electrons. The van der Waals surface area contributed by atoms with Crippen LogP contribution in [-0.4, -0.2) is 11.9 Å². The number of rotatable bonds is 8. The van der Waals surface area contributed by atoms with Crippen molar-refractivity contribution in [3.63, 3.8) is 0 Å². The molecule has 0 aliphatic heterocycles. The maximum Gasteiger partial charge on any atom is 0.336 e. The van der Waals surface area contributed by atoms with E-state index in [1.54, 1.807) is 24.3 Å². The maximum absolute atomic E-state index is 12.2. The Labute approximate surface area is 224 Å². The van der Waals surface area contributed by atoms with Crippen molar-refractivity contribution in [3.8, 4) is 11.5 Å². The van der Waals surface area contributed by atoms with E-state index in [4.69, 9.17) is 9.47 Å². The zero-order valence-corrected chi connectivity index (χ0v) is 22.2. The molecule has 0 saturated carbocycles. The van der Waals surface area contributed by atoms with Gasteiger partial charge in [0, 0.05) is 23.0 Å². The van der Waals surface area contributed by atoms with Crippen LogP contribution >= 0.6 is 0 Å². The van der Waals surface area contributed by atoms with Gasteiger partial charge in [0.05, 0.1) is 0 Å². The number of esters is 2. The first-order chi connectivity index (χ1) is 18.2. The van der Waals surface area contributed by atoms with Crippen LogP contribution in [0.15, 0.2) is 121 Å². The summed E-state index contributed by atoms with van der Waals surface area (Å²) in [5, 5.41) is 0. The molecule has 0 aliphatic carbocycles. The van der Waals surface area contributed by atoms with E-state index in [0.29, 0.717) is 11.5 Å². The summed E-state index contributed by atoms with van der Waals surface area (Å²) in [5.74, 6) is -0.511. The van der Waals surface area contributed by atoms with Gasteiger partial charge in [0.15, 0.2) is 0 Å². The average molecular weight is 505 g/mol. The van der Waals surface area contributed by atoms with Crippen molar-refractivity contribution in [3.05, 3.63) is 144 Å². The Balaban J connectivity index is 1.32. The third-order valence-corrected chi connectivity index (χ3v) is 6.94. The molecule has 0 atom stereocenters. The van der Waals surface area contributed by atoms with Gasteiger partial charge in [0.1, 0.15) is 11.5 Å². The molecular formula is C34H32O4. The smallest absolute Gasteiger partial charge is 0.336 e. The van der Waals surface area contributed by atoms with Gasteiger partial charge in [-0.3, -0.25) is 0 Å². The lowest BCUT2D eigenvalue weighted by molar-refractivity contribution is -0.131. The summed E-state index contributed by atoms with van der Waals surface area (Å²) in [7, 11) is 0. The van der Waals surface area contributed by atoms with Gasteiger partial charge in [-0.25, -0.2) is 9.59 Å². The molecule has 0 saturated heterocycles. The van der Waals surface area contributed by atoms with Crippen LogP contribution in [0.25, 0.3) is 0 Å². The van der Waals surface area contributed by atoms with Crippen LogP contribution < -0.4 is 9.47 Å². The minimum Gasteiger partial charge on any atom is -0.423 e. The van der Waals surface area contributed by atoms with Crippen LogP contribution in [-0.2, 0) is 20.4 Å². The molecule has 0 unspecified atom stereocenters. The molecule has 4 aromatic carbocycles. The Hall–Kier alpha value is -4.44. The summed E-state index contributed by atoms with van der Waals surface area (Å²) in [4.78, 5) is 24.5. The highest BCUT2D eigenvalue weighted by molar-refractivity contribution is 5.93. The van der Waals surface area contributed by atoms with E-state index in [1.807, 2.05) is 60.7 Å². The summed E-state index contributed by atoms with van der Waals surface area (Å²) < 4.78 is 10.7. The normalized spacial score (nSPS) is 11.8. The van der Waals surface area contributed by atoms with Crippen molar-refractivity contribution in [2.75, 3.05) is 0 Å². The van der Waals surface area contributed by atoms with E-state index in [-0.39, 0.29) is 10.8 Å². The van der Waals surface area contributed by atoms with E-state index >= 15 is 0 Å². The van der Waals surface area contributed by atoms with Gasteiger partial charge in [0.2, 0.25) is 0 Å². The standard InChI is InChI=1S/C34H32O4/c1-33(2,25-11-7-5-8-12-25)27-15-19-29(20-16-27)37-31(35)23-24-32(36)38-30-21-17-28(18-22-30)34(3,4)26-13-9-6-10-14-26/h5-24H,1-4H3/b24-23-. The third-order valence-electron chi connectivity index (χ3n) is 6.94. The topological polar surface area (TPSA) is 52.6 Å². The van der Waals surface area contributed by atoms with Crippen molar-refractivity contribution in [2.45, 2.75) is 38.5 Å². The second kappa shape index (κ2) is 11.3. The number of hydrogen-bond donors (Lipinski definition) is 0. The van der Waals surface area contributed by atoms with E-state index in [2.05, 4.69) is 52.0 Å². The molecule has 0 amide bonds. The highest BCUT2D eigenvalue weighted by Gasteiger charge is 2.23. The predicted molar refractivity (Wildman–Crippen MR) is 150 cm³/mol. The lowest BCUT2D eigenvalue weighted by Gasteiger charge is -2.26. The molecule has 0 heterocycles. The van der Waals surface area contributed by atoms with E-state index in [1.165, 1.54) is 11.1 Å². The lowest BCUT2D eigenvalue weighted by Crippen LogP contribution is -2.18. The first kappa shape index (κ1) is 26.6. The molecule has 0 fully saturated rings. The Morgan fingerprint density at radius 3 is 1.08 bits per heavy atom. The van der Waals surface area contributed by atoms with Crippen LogP contribution in [0.2, 0.25) is 0 Å². The van der Waals surface area contributed by atoms with Gasteiger partial charge in [-0.15, -0.1) is 0 Å². The maximum atomic E-state index is 12.2. The Morgan fingerprint density at radius 1 is 0.474 bits per heavy atom. The number of carbonyl (C=O) groups is 2. The molecular weight excluding hydrogens is 472 g/mol. The van der Waals surface area contributed by atoms with Crippen molar-refractivity contribution in [1.82, 2.24) is 0 Å². The van der Waals surface area contributed by atoms with Crippen molar-refractivity contribution in [2.24, 2.45) is 0 Å². The quantitative estimate of drug-likeness (QED) is 0.142. The molecule has 4 rings (SSSR count). The van der Waals surface area contributed by atoms with Crippen molar-refractivity contribution >= 4 is 11.9 Å². The number of ether oxygens (including phenoxy) is 2. The molecule has 4 aromatic rings. The fourth-order valence-electron chi connectivity index (χ4n) is 4.36. The van der Waals surface area contributed by atoms with Crippen LogP contribution in [0.3, 0.4) is 0 Å². The van der Waals surface area contributed by atoms with E-state index in [0.717, 1.165) is 23.3 Å². The fraction of sp³-hybridized carbons (Fsp3) is 0.176. The summed E-state index contributed by atoms with van der Waals surface area (Å²) in [6, 6.07) is 35.2. The molecule has 0 aliphatic rings. The highest BCUT2D eigenvalue weighted by atomic mass is 16.5. The van der Waals surface area contributed by atoms with Crippen molar-refractivity contribution in [1.29, 1.82) is 0 Å². The zero-order chi connectivity index (χ0) is 27.2. The molecule has 0 aromatic heterocycles. The third kappa shape index (κ3) is 6.27.